The summed E-state index contributed by atoms with van der Waals surface area (Å²) in [6.45, 7) is 11.4. The molecule has 1 aromatic rings. The molecule has 2 rings (SSSR count). The Hall–Kier alpha value is -2.28. The largest absolute Gasteiger partial charge is 0.450 e. The molecule has 1 heterocycles. The molecular formula is C19H30N4O3. The monoisotopic (exact) mass is 362 g/mol. The number of carbonyl (C=O) groups is 2. The van der Waals surface area contributed by atoms with Crippen LogP contribution in [-0.2, 0) is 4.74 Å². The van der Waals surface area contributed by atoms with Crippen LogP contribution in [-0.4, -0.2) is 68.8 Å². The molecule has 0 atom stereocenters. The minimum atomic E-state index is -0.469. The number of amides is 2. The molecule has 0 unspecified atom stereocenters. The van der Waals surface area contributed by atoms with Crippen LogP contribution in [0, 0.1) is 0 Å². The highest BCUT2D eigenvalue weighted by Crippen LogP contribution is 2.18. The molecule has 0 bridgehead atoms. The minimum absolute atomic E-state index is 0.146. The molecule has 0 spiro atoms. The average molecular weight is 362 g/mol. The number of hydrogen-bond acceptors (Lipinski definition) is 5. The Bertz CT molecular complexity index is 581. The quantitative estimate of drug-likeness (QED) is 0.722. The lowest BCUT2D eigenvalue weighted by Gasteiger charge is -2.38. The number of carbonyl (C=O) groups excluding carboxylic acids is 2. The molecule has 1 aliphatic heterocycles. The number of rotatable bonds is 7. The van der Waals surface area contributed by atoms with E-state index in [0.717, 1.165) is 31.9 Å². The van der Waals surface area contributed by atoms with Gasteiger partial charge in [-0.3, -0.25) is 9.69 Å². The van der Waals surface area contributed by atoms with Crippen LogP contribution < -0.4 is 15.5 Å². The van der Waals surface area contributed by atoms with Crippen molar-refractivity contribution >= 4 is 17.7 Å². The van der Waals surface area contributed by atoms with Crippen molar-refractivity contribution in [3.8, 4) is 0 Å². The predicted octanol–water partition coefficient (Wildman–Crippen LogP) is 1.69. The zero-order valence-corrected chi connectivity index (χ0v) is 16.0. The van der Waals surface area contributed by atoms with E-state index in [-0.39, 0.29) is 5.91 Å². The number of hydrogen-bond donors (Lipinski definition) is 2. The van der Waals surface area contributed by atoms with Crippen LogP contribution in [0.2, 0.25) is 0 Å². The molecule has 0 aliphatic carbocycles. The topological polar surface area (TPSA) is 73.9 Å². The summed E-state index contributed by atoms with van der Waals surface area (Å²) in [6.07, 6.45) is -0.469. The highest BCUT2D eigenvalue weighted by atomic mass is 16.5. The number of nitrogens with one attached hydrogen (secondary N) is 2. The summed E-state index contributed by atoms with van der Waals surface area (Å²) >= 11 is 0. The van der Waals surface area contributed by atoms with Crippen molar-refractivity contribution in [3.05, 3.63) is 29.8 Å². The van der Waals surface area contributed by atoms with Crippen molar-refractivity contribution in [1.29, 1.82) is 0 Å². The van der Waals surface area contributed by atoms with Gasteiger partial charge in [0.1, 0.15) is 0 Å². The molecule has 7 heteroatoms. The molecule has 1 aliphatic rings. The molecule has 7 nitrogen and oxygen atoms in total. The van der Waals surface area contributed by atoms with Gasteiger partial charge in [0.15, 0.2) is 0 Å². The van der Waals surface area contributed by atoms with E-state index in [1.807, 2.05) is 24.3 Å². The van der Waals surface area contributed by atoms with Gasteiger partial charge in [0.05, 0.1) is 6.61 Å². The SMILES string of the molecule is CCOC(=O)NCCNC(=O)c1ccc(N2CCN(C(C)C)CC2)cc1. The average Bonchev–Trinajstić information content (AvgIpc) is 2.65. The normalized spacial score (nSPS) is 15.0. The van der Waals surface area contributed by atoms with E-state index >= 15 is 0 Å². The van der Waals surface area contributed by atoms with E-state index in [9.17, 15) is 9.59 Å². The van der Waals surface area contributed by atoms with Crippen LogP contribution in [0.15, 0.2) is 24.3 Å². The predicted molar refractivity (Wildman–Crippen MR) is 103 cm³/mol. The Labute approximate surface area is 155 Å². The summed E-state index contributed by atoms with van der Waals surface area (Å²) in [5.41, 5.74) is 1.76. The second-order valence-corrected chi connectivity index (χ2v) is 6.57. The third kappa shape index (κ3) is 5.91. The van der Waals surface area contributed by atoms with Gasteiger partial charge >= 0.3 is 6.09 Å². The lowest BCUT2D eigenvalue weighted by atomic mass is 10.1. The van der Waals surface area contributed by atoms with E-state index in [4.69, 9.17) is 4.74 Å². The molecule has 1 fully saturated rings. The van der Waals surface area contributed by atoms with Gasteiger partial charge in [0, 0.05) is 56.6 Å². The molecule has 2 amide bonds. The highest BCUT2D eigenvalue weighted by molar-refractivity contribution is 5.94. The van der Waals surface area contributed by atoms with E-state index in [0.29, 0.717) is 31.3 Å². The van der Waals surface area contributed by atoms with E-state index in [2.05, 4.69) is 34.3 Å². The second-order valence-electron chi connectivity index (χ2n) is 6.57. The molecule has 1 saturated heterocycles. The van der Waals surface area contributed by atoms with Crippen molar-refractivity contribution in [2.24, 2.45) is 0 Å². The number of anilines is 1. The van der Waals surface area contributed by atoms with Gasteiger partial charge in [-0.1, -0.05) is 0 Å². The summed E-state index contributed by atoms with van der Waals surface area (Å²) < 4.78 is 4.75. The lowest BCUT2D eigenvalue weighted by Crippen LogP contribution is -2.48. The van der Waals surface area contributed by atoms with E-state index in [1.54, 1.807) is 6.92 Å². The number of piperazine rings is 1. The van der Waals surface area contributed by atoms with Crippen molar-refractivity contribution in [2.45, 2.75) is 26.8 Å². The van der Waals surface area contributed by atoms with Gasteiger partial charge in [0.25, 0.3) is 5.91 Å². The van der Waals surface area contributed by atoms with Crippen molar-refractivity contribution in [2.75, 3.05) is 50.8 Å². The molecule has 144 valence electrons. The number of ether oxygens (including phenoxy) is 1. The summed E-state index contributed by atoms with van der Waals surface area (Å²) in [5.74, 6) is -0.146. The Morgan fingerprint density at radius 3 is 2.23 bits per heavy atom. The van der Waals surface area contributed by atoms with Crippen molar-refractivity contribution in [3.63, 3.8) is 0 Å². The van der Waals surface area contributed by atoms with Gasteiger partial charge in [0.2, 0.25) is 0 Å². The minimum Gasteiger partial charge on any atom is -0.450 e. The van der Waals surface area contributed by atoms with Crippen molar-refractivity contribution in [1.82, 2.24) is 15.5 Å². The molecule has 1 aromatic carbocycles. The Kier molecular flexibility index (Phi) is 7.72. The summed E-state index contributed by atoms with van der Waals surface area (Å²) in [7, 11) is 0. The van der Waals surface area contributed by atoms with E-state index < -0.39 is 6.09 Å². The molecule has 0 saturated carbocycles. The van der Waals surface area contributed by atoms with Crippen LogP contribution >= 0.6 is 0 Å². The Morgan fingerprint density at radius 2 is 1.65 bits per heavy atom. The van der Waals surface area contributed by atoms with Gasteiger partial charge in [-0.05, 0) is 45.0 Å². The fourth-order valence-corrected chi connectivity index (χ4v) is 2.94. The first-order chi connectivity index (χ1) is 12.5. The highest BCUT2D eigenvalue weighted by Gasteiger charge is 2.19. The molecule has 2 N–H and O–H groups in total. The van der Waals surface area contributed by atoms with Crippen LogP contribution in [0.3, 0.4) is 0 Å². The fraction of sp³-hybridized carbons (Fsp3) is 0.579. The van der Waals surface area contributed by atoms with E-state index in [1.165, 1.54) is 0 Å². The number of nitrogens with zero attached hydrogens (tertiary/aromatic N) is 2. The van der Waals surface area contributed by atoms with Crippen LogP contribution in [0.5, 0.6) is 0 Å². The smallest absolute Gasteiger partial charge is 0.407 e. The Balaban J connectivity index is 1.76. The third-order valence-electron chi connectivity index (χ3n) is 4.49. The lowest BCUT2D eigenvalue weighted by molar-refractivity contribution is 0.0952. The van der Waals surface area contributed by atoms with Crippen molar-refractivity contribution < 1.29 is 14.3 Å². The summed E-state index contributed by atoms with van der Waals surface area (Å²) in [5, 5.41) is 5.35. The molecular weight excluding hydrogens is 332 g/mol. The first kappa shape index (κ1) is 20.0. The van der Waals surface area contributed by atoms with Crippen LogP contribution in [0.4, 0.5) is 10.5 Å². The van der Waals surface area contributed by atoms with Gasteiger partial charge in [-0.2, -0.15) is 0 Å². The Morgan fingerprint density at radius 1 is 1.04 bits per heavy atom. The van der Waals surface area contributed by atoms with Gasteiger partial charge < -0.3 is 20.3 Å². The molecule has 0 aromatic heterocycles. The fourth-order valence-electron chi connectivity index (χ4n) is 2.94. The van der Waals surface area contributed by atoms with Gasteiger partial charge in [-0.15, -0.1) is 0 Å². The standard InChI is InChI=1S/C19H30N4O3/c1-4-26-19(25)21-10-9-20-18(24)16-5-7-17(8-6-16)23-13-11-22(12-14-23)15(2)3/h5-8,15H,4,9-14H2,1-3H3,(H,20,24)(H,21,25). The molecule has 0 radical (unpaired) electrons. The van der Waals surface area contributed by atoms with Crippen LogP contribution in [0.25, 0.3) is 0 Å². The third-order valence-corrected chi connectivity index (χ3v) is 4.49. The maximum absolute atomic E-state index is 12.1. The van der Waals surface area contributed by atoms with Crippen LogP contribution in [0.1, 0.15) is 31.1 Å². The zero-order chi connectivity index (χ0) is 18.9. The maximum Gasteiger partial charge on any atom is 0.407 e. The number of alkyl carbamates (subject to hydrolysis) is 1. The molecule has 26 heavy (non-hydrogen) atoms. The summed E-state index contributed by atoms with van der Waals surface area (Å²) in [4.78, 5) is 28.1. The first-order valence-corrected chi connectivity index (χ1v) is 9.29. The first-order valence-electron chi connectivity index (χ1n) is 9.29. The number of benzene rings is 1. The summed E-state index contributed by atoms with van der Waals surface area (Å²) in [6, 6.07) is 8.27. The second kappa shape index (κ2) is 10.0. The maximum atomic E-state index is 12.1. The van der Waals surface area contributed by atoms with Gasteiger partial charge in [-0.25, -0.2) is 4.79 Å². The zero-order valence-electron chi connectivity index (χ0n) is 16.0.